The summed E-state index contributed by atoms with van der Waals surface area (Å²) in [5, 5.41) is 5.84. The maximum Gasteiger partial charge on any atom is 0.234 e. The second-order valence-corrected chi connectivity index (χ2v) is 8.00. The molecule has 3 aromatic rings. The molecule has 0 aliphatic heterocycles. The van der Waals surface area contributed by atoms with Crippen molar-refractivity contribution in [2.24, 2.45) is 0 Å². The molecule has 0 spiro atoms. The first kappa shape index (κ1) is 20.7. The summed E-state index contributed by atoms with van der Waals surface area (Å²) in [7, 11) is 0. The van der Waals surface area contributed by atoms with Crippen molar-refractivity contribution in [2.75, 3.05) is 16.4 Å². The van der Waals surface area contributed by atoms with Crippen LogP contribution < -0.4 is 10.6 Å². The van der Waals surface area contributed by atoms with Crippen molar-refractivity contribution in [1.82, 2.24) is 0 Å². The normalized spacial score (nSPS) is 10.4. The number of rotatable bonds is 7. The van der Waals surface area contributed by atoms with Gasteiger partial charge in [0, 0.05) is 16.3 Å². The van der Waals surface area contributed by atoms with Crippen LogP contribution in [0.4, 0.5) is 11.4 Å². The zero-order chi connectivity index (χ0) is 20.6. The van der Waals surface area contributed by atoms with Gasteiger partial charge in [-0.3, -0.25) is 9.59 Å². The summed E-state index contributed by atoms with van der Waals surface area (Å²) in [5.41, 5.74) is 4.79. The lowest BCUT2D eigenvalue weighted by Gasteiger charge is -2.08. The number of anilines is 2. The summed E-state index contributed by atoms with van der Waals surface area (Å²) >= 11 is 1.46. The molecule has 0 bridgehead atoms. The van der Waals surface area contributed by atoms with Gasteiger partial charge in [-0.15, -0.1) is 11.8 Å². The number of carbonyl (C=O) groups excluding carboxylic acids is 2. The minimum atomic E-state index is -0.0515. The number of aryl methyl sites for hydroxylation is 2. The van der Waals surface area contributed by atoms with Crippen LogP contribution in [0.15, 0.2) is 77.7 Å². The number of carbonyl (C=O) groups is 2. The molecule has 29 heavy (non-hydrogen) atoms. The minimum absolute atomic E-state index is 0.0414. The zero-order valence-corrected chi connectivity index (χ0v) is 17.4. The molecule has 0 aromatic heterocycles. The quantitative estimate of drug-likeness (QED) is 0.531. The molecule has 0 aliphatic rings. The van der Waals surface area contributed by atoms with E-state index in [9.17, 15) is 9.59 Å². The molecular weight excluding hydrogens is 380 g/mol. The Kier molecular flexibility index (Phi) is 7.09. The summed E-state index contributed by atoms with van der Waals surface area (Å²) in [4.78, 5) is 25.3. The molecule has 0 fully saturated rings. The van der Waals surface area contributed by atoms with Crippen molar-refractivity contribution in [3.05, 3.63) is 89.5 Å². The monoisotopic (exact) mass is 404 g/mol. The fraction of sp³-hybridized carbons (Fsp3) is 0.167. The van der Waals surface area contributed by atoms with Gasteiger partial charge >= 0.3 is 0 Å². The van der Waals surface area contributed by atoms with Gasteiger partial charge in [-0.25, -0.2) is 0 Å². The Morgan fingerprint density at radius 2 is 1.38 bits per heavy atom. The Morgan fingerprint density at radius 1 is 0.759 bits per heavy atom. The topological polar surface area (TPSA) is 58.2 Å². The van der Waals surface area contributed by atoms with Crippen LogP contribution in [-0.2, 0) is 16.0 Å². The van der Waals surface area contributed by atoms with Crippen LogP contribution in [-0.4, -0.2) is 17.6 Å². The van der Waals surface area contributed by atoms with Crippen LogP contribution in [0.5, 0.6) is 0 Å². The van der Waals surface area contributed by atoms with Gasteiger partial charge in [-0.2, -0.15) is 0 Å². The molecule has 2 N–H and O–H groups in total. The van der Waals surface area contributed by atoms with Crippen molar-refractivity contribution in [1.29, 1.82) is 0 Å². The van der Waals surface area contributed by atoms with Crippen LogP contribution >= 0.6 is 11.8 Å². The Balaban J connectivity index is 1.47. The van der Waals surface area contributed by atoms with E-state index in [1.807, 2.05) is 80.6 Å². The van der Waals surface area contributed by atoms with Crippen molar-refractivity contribution >= 4 is 35.0 Å². The first-order valence-electron chi connectivity index (χ1n) is 9.43. The number of nitrogens with one attached hydrogen (secondary N) is 2. The third kappa shape index (κ3) is 6.80. The van der Waals surface area contributed by atoms with Crippen molar-refractivity contribution in [2.45, 2.75) is 25.2 Å². The van der Waals surface area contributed by atoms with Crippen molar-refractivity contribution < 1.29 is 9.59 Å². The van der Waals surface area contributed by atoms with E-state index in [4.69, 9.17) is 0 Å². The van der Waals surface area contributed by atoms with Gasteiger partial charge in [0.05, 0.1) is 12.2 Å². The van der Waals surface area contributed by atoms with Crippen molar-refractivity contribution in [3.63, 3.8) is 0 Å². The van der Waals surface area contributed by atoms with E-state index in [2.05, 4.69) is 16.7 Å². The second-order valence-electron chi connectivity index (χ2n) is 6.95. The Labute approximate surface area is 175 Å². The van der Waals surface area contributed by atoms with E-state index in [-0.39, 0.29) is 11.8 Å². The molecule has 0 saturated carbocycles. The molecule has 3 rings (SSSR count). The second kappa shape index (κ2) is 9.94. The Hall–Kier alpha value is -3.05. The number of hydrogen-bond acceptors (Lipinski definition) is 3. The smallest absolute Gasteiger partial charge is 0.234 e. The molecule has 0 atom stereocenters. The van der Waals surface area contributed by atoms with E-state index in [0.717, 1.165) is 33.0 Å². The van der Waals surface area contributed by atoms with Crippen LogP contribution in [0.3, 0.4) is 0 Å². The maximum absolute atomic E-state index is 12.2. The average molecular weight is 405 g/mol. The number of amides is 2. The molecule has 4 nitrogen and oxygen atoms in total. The molecule has 148 valence electrons. The summed E-state index contributed by atoms with van der Waals surface area (Å²) < 4.78 is 0. The van der Waals surface area contributed by atoms with E-state index in [0.29, 0.717) is 12.2 Å². The molecule has 2 amide bonds. The van der Waals surface area contributed by atoms with Gasteiger partial charge in [0.15, 0.2) is 0 Å². The molecule has 0 unspecified atom stereocenters. The summed E-state index contributed by atoms with van der Waals surface area (Å²) in [5.74, 6) is 0.233. The highest BCUT2D eigenvalue weighted by Gasteiger charge is 2.07. The highest BCUT2D eigenvalue weighted by atomic mass is 32.2. The standard InChI is InChI=1S/C24H24N2O2S/c1-17-12-18(2)14-21(13-17)26-24(28)16-29-22-10-8-20(9-11-22)25-23(27)15-19-6-4-3-5-7-19/h3-14H,15-16H2,1-2H3,(H,25,27)(H,26,28). The van der Waals surface area contributed by atoms with Gasteiger partial charge in [0.25, 0.3) is 0 Å². The SMILES string of the molecule is Cc1cc(C)cc(NC(=O)CSc2ccc(NC(=O)Cc3ccccc3)cc2)c1. The fourth-order valence-electron chi connectivity index (χ4n) is 3.01. The van der Waals surface area contributed by atoms with Crippen LogP contribution in [0, 0.1) is 13.8 Å². The number of thioether (sulfide) groups is 1. The van der Waals surface area contributed by atoms with Crippen LogP contribution in [0.1, 0.15) is 16.7 Å². The Morgan fingerprint density at radius 3 is 2.03 bits per heavy atom. The van der Waals surface area contributed by atoms with E-state index >= 15 is 0 Å². The highest BCUT2D eigenvalue weighted by Crippen LogP contribution is 2.21. The lowest BCUT2D eigenvalue weighted by molar-refractivity contribution is -0.115. The maximum atomic E-state index is 12.2. The molecule has 0 aliphatic carbocycles. The van der Waals surface area contributed by atoms with Gasteiger partial charge in [0.1, 0.15) is 0 Å². The summed E-state index contributed by atoms with van der Waals surface area (Å²) in [6, 6.07) is 23.2. The van der Waals surface area contributed by atoms with Gasteiger partial charge in [-0.05, 0) is 66.9 Å². The molecule has 5 heteroatoms. The lowest BCUT2D eigenvalue weighted by Crippen LogP contribution is -2.14. The summed E-state index contributed by atoms with van der Waals surface area (Å²) in [6.45, 7) is 4.02. The molecule has 3 aromatic carbocycles. The summed E-state index contributed by atoms with van der Waals surface area (Å²) in [6.07, 6.45) is 0.343. The van der Waals surface area contributed by atoms with Crippen LogP contribution in [0.2, 0.25) is 0 Å². The number of hydrogen-bond donors (Lipinski definition) is 2. The third-order valence-corrected chi connectivity index (χ3v) is 5.23. The first-order valence-corrected chi connectivity index (χ1v) is 10.4. The molecule has 0 heterocycles. The average Bonchev–Trinajstić information content (AvgIpc) is 2.67. The predicted octanol–water partition coefficient (Wildman–Crippen LogP) is 5.22. The zero-order valence-electron chi connectivity index (χ0n) is 16.6. The van der Waals surface area contributed by atoms with E-state index < -0.39 is 0 Å². The van der Waals surface area contributed by atoms with Crippen molar-refractivity contribution in [3.8, 4) is 0 Å². The first-order chi connectivity index (χ1) is 14.0. The largest absolute Gasteiger partial charge is 0.326 e. The van der Waals surface area contributed by atoms with Gasteiger partial charge in [0.2, 0.25) is 11.8 Å². The number of benzene rings is 3. The third-order valence-electron chi connectivity index (χ3n) is 4.22. The van der Waals surface area contributed by atoms with Crippen LogP contribution in [0.25, 0.3) is 0 Å². The molecular formula is C24H24N2O2S. The van der Waals surface area contributed by atoms with Gasteiger partial charge in [-0.1, -0.05) is 36.4 Å². The minimum Gasteiger partial charge on any atom is -0.326 e. The molecule has 0 saturated heterocycles. The fourth-order valence-corrected chi connectivity index (χ4v) is 3.71. The van der Waals surface area contributed by atoms with E-state index in [1.165, 1.54) is 11.8 Å². The Bertz CT molecular complexity index is 965. The molecule has 0 radical (unpaired) electrons. The highest BCUT2D eigenvalue weighted by molar-refractivity contribution is 8.00. The predicted molar refractivity (Wildman–Crippen MR) is 120 cm³/mol. The lowest BCUT2D eigenvalue weighted by atomic mass is 10.1. The van der Waals surface area contributed by atoms with Gasteiger partial charge < -0.3 is 10.6 Å². The van der Waals surface area contributed by atoms with E-state index in [1.54, 1.807) is 0 Å².